The number of nitrogens with zero attached hydrogens (tertiary/aromatic N) is 5. The molecule has 6 heterocycles. The summed E-state index contributed by atoms with van der Waals surface area (Å²) in [5, 5.41) is 12.2. The van der Waals surface area contributed by atoms with Crippen LogP contribution in [0.5, 0.6) is 5.75 Å². The van der Waals surface area contributed by atoms with Gasteiger partial charge in [0.2, 0.25) is 5.91 Å². The van der Waals surface area contributed by atoms with Gasteiger partial charge in [0.05, 0.1) is 29.0 Å². The number of hydrogen-bond donors (Lipinski definition) is 3. The quantitative estimate of drug-likeness (QED) is 0.154. The Morgan fingerprint density at radius 2 is 1.81 bits per heavy atom. The molecule has 7 rings (SSSR count). The Balaban J connectivity index is 1.17. The Kier molecular flexibility index (Phi) is 8.15. The van der Waals surface area contributed by atoms with E-state index in [0.29, 0.717) is 41.4 Å². The third kappa shape index (κ3) is 6.85. The van der Waals surface area contributed by atoms with Gasteiger partial charge in [0, 0.05) is 70.6 Å². The number of pyridine rings is 3. The topological polar surface area (TPSA) is 125 Å². The van der Waals surface area contributed by atoms with E-state index >= 15 is 0 Å². The molecule has 1 aliphatic rings. The molecule has 0 saturated carbocycles. The summed E-state index contributed by atoms with van der Waals surface area (Å²) in [7, 11) is 0. The summed E-state index contributed by atoms with van der Waals surface area (Å²) < 4.78 is 20.8. The van der Waals surface area contributed by atoms with Crippen LogP contribution in [-0.4, -0.2) is 67.2 Å². The lowest BCUT2D eigenvalue weighted by atomic mass is 9.92. The number of aromatic amines is 2. The van der Waals surface area contributed by atoms with Crippen molar-refractivity contribution in [1.29, 1.82) is 0 Å². The summed E-state index contributed by atoms with van der Waals surface area (Å²) in [4.78, 5) is 31.9. The average Bonchev–Trinajstić information content (AvgIpc) is 3.79. The van der Waals surface area contributed by atoms with E-state index in [1.807, 2.05) is 51.1 Å². The van der Waals surface area contributed by atoms with Gasteiger partial charge in [0.1, 0.15) is 18.2 Å². The Morgan fingerprint density at radius 1 is 0.979 bits per heavy atom. The first-order chi connectivity index (χ1) is 22.7. The van der Waals surface area contributed by atoms with Gasteiger partial charge in [0.15, 0.2) is 5.65 Å². The van der Waals surface area contributed by atoms with Crippen LogP contribution in [0, 0.1) is 11.2 Å². The molecule has 1 amide bonds. The van der Waals surface area contributed by atoms with Crippen molar-refractivity contribution < 1.29 is 13.9 Å². The lowest BCUT2D eigenvalue weighted by molar-refractivity contribution is -0.117. The highest BCUT2D eigenvalue weighted by Crippen LogP contribution is 2.35. The Hall–Kier alpha value is -5.16. The van der Waals surface area contributed by atoms with Crippen molar-refractivity contribution in [2.24, 2.45) is 5.41 Å². The number of anilines is 1. The van der Waals surface area contributed by atoms with E-state index in [0.717, 1.165) is 58.4 Å². The number of H-pyrrole nitrogens is 2. The lowest BCUT2D eigenvalue weighted by Gasteiger charge is -2.17. The summed E-state index contributed by atoms with van der Waals surface area (Å²) in [5.74, 6) is 0.0484. The first-order valence-corrected chi connectivity index (χ1v) is 15.9. The van der Waals surface area contributed by atoms with Crippen LogP contribution >= 0.6 is 0 Å². The lowest BCUT2D eigenvalue weighted by Crippen LogP contribution is -2.25. The van der Waals surface area contributed by atoms with Crippen LogP contribution in [0.4, 0.5) is 10.1 Å². The minimum atomic E-state index is -0.376. The maximum absolute atomic E-state index is 14.8. The first-order valence-electron chi connectivity index (χ1n) is 15.9. The van der Waals surface area contributed by atoms with Gasteiger partial charge in [-0.15, -0.1) is 0 Å². The number of aromatic nitrogens is 6. The van der Waals surface area contributed by atoms with Gasteiger partial charge in [-0.3, -0.25) is 24.8 Å². The van der Waals surface area contributed by atoms with Gasteiger partial charge in [0.25, 0.3) is 0 Å². The van der Waals surface area contributed by atoms with Crippen molar-refractivity contribution in [1.82, 2.24) is 35.0 Å². The molecule has 47 heavy (non-hydrogen) atoms. The van der Waals surface area contributed by atoms with Gasteiger partial charge in [-0.1, -0.05) is 20.8 Å². The van der Waals surface area contributed by atoms with E-state index in [2.05, 4.69) is 40.3 Å². The van der Waals surface area contributed by atoms with Crippen LogP contribution in [-0.2, 0) is 4.79 Å². The molecule has 5 aromatic heterocycles. The molecule has 0 unspecified atom stereocenters. The molecule has 1 saturated heterocycles. The fraction of sp³-hybridized carbons (Fsp3) is 0.306. The highest BCUT2D eigenvalue weighted by atomic mass is 19.1. The standard InChI is InChI=1S/C36H37FN8O2/c1-36(2,3)18-32(46)41-26-13-23(19-38-21-26)24-15-29-34(43-44-35(29)40-20-24)31-17-28-30(42-31)6-7-39-33(28)22-12-25(37)16-27(14-22)47-11-10-45-8-4-5-9-45/h6-7,12-17,19-21,42H,4-5,8-11,18H2,1-3H3,(H,41,46)(H,40,43,44). The third-order valence-electron chi connectivity index (χ3n) is 8.29. The van der Waals surface area contributed by atoms with Crippen LogP contribution in [0.1, 0.15) is 40.0 Å². The van der Waals surface area contributed by atoms with Gasteiger partial charge in [-0.05, 0) is 67.7 Å². The largest absolute Gasteiger partial charge is 0.492 e. The Labute approximate surface area is 271 Å². The second kappa shape index (κ2) is 12.6. The number of nitrogens with one attached hydrogen (secondary N) is 3. The molecule has 6 aromatic rings. The zero-order valence-corrected chi connectivity index (χ0v) is 26.7. The molecule has 0 aliphatic carbocycles. The summed E-state index contributed by atoms with van der Waals surface area (Å²) in [5.41, 5.74) is 6.37. The maximum Gasteiger partial charge on any atom is 0.224 e. The smallest absolute Gasteiger partial charge is 0.224 e. The van der Waals surface area contributed by atoms with E-state index in [1.54, 1.807) is 24.8 Å². The highest BCUT2D eigenvalue weighted by molar-refractivity contribution is 6.00. The molecule has 1 aliphatic heterocycles. The van der Waals surface area contributed by atoms with Gasteiger partial charge >= 0.3 is 0 Å². The van der Waals surface area contributed by atoms with Crippen LogP contribution in [0.2, 0.25) is 0 Å². The average molecular weight is 633 g/mol. The monoisotopic (exact) mass is 632 g/mol. The Bertz CT molecular complexity index is 2070. The minimum absolute atomic E-state index is 0.0608. The number of ether oxygens (including phenoxy) is 1. The fourth-order valence-corrected chi connectivity index (χ4v) is 6.12. The van der Waals surface area contributed by atoms with Crippen LogP contribution in [0.15, 0.2) is 67.3 Å². The zero-order valence-electron chi connectivity index (χ0n) is 26.7. The predicted octanol–water partition coefficient (Wildman–Crippen LogP) is 7.22. The number of benzene rings is 1. The second-order valence-electron chi connectivity index (χ2n) is 13.3. The van der Waals surface area contributed by atoms with Gasteiger partial charge in [-0.25, -0.2) is 9.37 Å². The molecule has 240 valence electrons. The van der Waals surface area contributed by atoms with Crippen molar-refractivity contribution >= 4 is 33.5 Å². The van der Waals surface area contributed by atoms with Crippen molar-refractivity contribution in [3.8, 4) is 39.5 Å². The molecule has 0 atom stereocenters. The van der Waals surface area contributed by atoms with E-state index < -0.39 is 0 Å². The van der Waals surface area contributed by atoms with Gasteiger partial charge in [-0.2, -0.15) is 5.10 Å². The number of halogens is 1. The molecular weight excluding hydrogens is 595 g/mol. The molecule has 0 spiro atoms. The van der Waals surface area contributed by atoms with Gasteiger partial charge < -0.3 is 15.0 Å². The van der Waals surface area contributed by atoms with Crippen molar-refractivity contribution in [3.63, 3.8) is 0 Å². The molecular formula is C36H37FN8O2. The molecule has 1 aromatic carbocycles. The summed E-state index contributed by atoms with van der Waals surface area (Å²) in [6, 6.07) is 12.5. The zero-order chi connectivity index (χ0) is 32.5. The van der Waals surface area contributed by atoms with E-state index in [9.17, 15) is 9.18 Å². The Morgan fingerprint density at radius 3 is 2.64 bits per heavy atom. The van der Waals surface area contributed by atoms with E-state index in [4.69, 9.17) is 4.74 Å². The van der Waals surface area contributed by atoms with Crippen molar-refractivity contribution in [2.75, 3.05) is 31.6 Å². The third-order valence-corrected chi connectivity index (χ3v) is 8.29. The van der Waals surface area contributed by atoms with Crippen molar-refractivity contribution in [3.05, 3.63) is 73.1 Å². The van der Waals surface area contributed by atoms with Crippen LogP contribution < -0.4 is 10.1 Å². The molecule has 11 heteroatoms. The molecule has 0 bridgehead atoms. The number of carbonyl (C=O) groups excluding carboxylic acids is 1. The summed E-state index contributed by atoms with van der Waals surface area (Å²) >= 11 is 0. The highest BCUT2D eigenvalue weighted by Gasteiger charge is 2.18. The van der Waals surface area contributed by atoms with Crippen LogP contribution in [0.3, 0.4) is 0 Å². The van der Waals surface area contributed by atoms with Crippen molar-refractivity contribution in [2.45, 2.75) is 40.0 Å². The first kappa shape index (κ1) is 30.5. The second-order valence-corrected chi connectivity index (χ2v) is 13.3. The molecule has 0 radical (unpaired) electrons. The summed E-state index contributed by atoms with van der Waals surface area (Å²) in [6.45, 7) is 9.59. The number of carbonyl (C=O) groups is 1. The number of fused-ring (bicyclic) bond motifs is 2. The predicted molar refractivity (Wildman–Crippen MR) is 181 cm³/mol. The SMILES string of the molecule is CC(C)(C)CC(=O)Nc1cncc(-c2cnc3n[nH]c(-c4cc5c(-c6cc(F)cc(OCCN7CCCC7)c6)nccc5[nH]4)c3c2)c1. The molecule has 3 N–H and O–H groups in total. The maximum atomic E-state index is 14.8. The number of likely N-dealkylation sites (tertiary alicyclic amines) is 1. The molecule has 1 fully saturated rings. The minimum Gasteiger partial charge on any atom is -0.492 e. The number of amides is 1. The normalized spacial score (nSPS) is 13.9. The van der Waals surface area contributed by atoms with E-state index in [-0.39, 0.29) is 17.1 Å². The van der Waals surface area contributed by atoms with Crippen LogP contribution in [0.25, 0.3) is 55.7 Å². The number of hydrogen-bond acceptors (Lipinski definition) is 7. The number of rotatable bonds is 9. The molecule has 10 nitrogen and oxygen atoms in total. The fourth-order valence-electron chi connectivity index (χ4n) is 6.12. The summed E-state index contributed by atoms with van der Waals surface area (Å²) in [6.07, 6.45) is 9.67. The van der Waals surface area contributed by atoms with E-state index in [1.165, 1.54) is 25.0 Å².